The minimum Gasteiger partial charge on any atom is -0.449 e. The second kappa shape index (κ2) is 5.40. The Labute approximate surface area is 108 Å². The van der Waals surface area contributed by atoms with Gasteiger partial charge in [-0.1, -0.05) is 26.0 Å². The summed E-state index contributed by atoms with van der Waals surface area (Å²) in [6, 6.07) is 8.05. The maximum atomic E-state index is 11.7. The topological polar surface area (TPSA) is 55.6 Å². The lowest BCUT2D eigenvalue weighted by Gasteiger charge is -2.31. The number of nitrogens with two attached hydrogens (primary N) is 1. The lowest BCUT2D eigenvalue weighted by Crippen LogP contribution is -2.45. The van der Waals surface area contributed by atoms with Crippen molar-refractivity contribution in [3.05, 3.63) is 29.8 Å². The molecule has 1 saturated heterocycles. The fourth-order valence-corrected chi connectivity index (χ4v) is 2.05. The van der Waals surface area contributed by atoms with Crippen LogP contribution in [0.3, 0.4) is 0 Å². The number of anilines is 1. The molecular formula is C14H20N2O2. The number of rotatable bonds is 3. The largest absolute Gasteiger partial charge is 0.449 e. The molecule has 1 amide bonds. The minimum absolute atomic E-state index is 0.215. The molecule has 1 aromatic carbocycles. The van der Waals surface area contributed by atoms with Crippen molar-refractivity contribution in [1.29, 1.82) is 0 Å². The summed E-state index contributed by atoms with van der Waals surface area (Å²) in [5.74, 6) is 0.705. The summed E-state index contributed by atoms with van der Waals surface area (Å²) in [6.45, 7) is 5.89. The lowest BCUT2D eigenvalue weighted by molar-refractivity contribution is 0.117. The van der Waals surface area contributed by atoms with E-state index in [1.54, 1.807) is 4.90 Å². The predicted molar refractivity (Wildman–Crippen MR) is 71.8 cm³/mol. The van der Waals surface area contributed by atoms with Crippen LogP contribution in [-0.2, 0) is 4.74 Å². The molecule has 1 aliphatic heterocycles. The summed E-state index contributed by atoms with van der Waals surface area (Å²) in [4.78, 5) is 13.4. The highest BCUT2D eigenvalue weighted by Gasteiger charge is 2.27. The average Bonchev–Trinajstić information content (AvgIpc) is 2.39. The van der Waals surface area contributed by atoms with Crippen molar-refractivity contribution in [3.63, 3.8) is 0 Å². The number of hydrogen-bond acceptors (Lipinski definition) is 3. The van der Waals surface area contributed by atoms with E-state index < -0.39 is 0 Å². The number of carbonyl (C=O) groups is 1. The zero-order valence-electron chi connectivity index (χ0n) is 10.9. The van der Waals surface area contributed by atoms with E-state index in [1.165, 1.54) is 5.56 Å². The third kappa shape index (κ3) is 2.64. The molecule has 1 heterocycles. The molecule has 1 aromatic rings. The van der Waals surface area contributed by atoms with Crippen LogP contribution in [0.4, 0.5) is 10.5 Å². The molecule has 1 unspecified atom stereocenters. The van der Waals surface area contributed by atoms with Crippen molar-refractivity contribution in [2.45, 2.75) is 19.8 Å². The Morgan fingerprint density at radius 3 is 2.61 bits per heavy atom. The summed E-state index contributed by atoms with van der Waals surface area (Å²) in [5, 5.41) is 0. The van der Waals surface area contributed by atoms with Crippen molar-refractivity contribution in [2.24, 2.45) is 11.7 Å². The monoisotopic (exact) mass is 248 g/mol. The maximum Gasteiger partial charge on any atom is 0.414 e. The normalized spacial score (nSPS) is 20.1. The van der Waals surface area contributed by atoms with Gasteiger partial charge in [-0.15, -0.1) is 0 Å². The molecule has 0 radical (unpaired) electrons. The Balaban J connectivity index is 2.16. The Bertz CT molecular complexity index is 414. The van der Waals surface area contributed by atoms with E-state index in [0.29, 0.717) is 25.6 Å². The molecule has 0 bridgehead atoms. The van der Waals surface area contributed by atoms with Crippen molar-refractivity contribution in [3.8, 4) is 0 Å². The summed E-state index contributed by atoms with van der Waals surface area (Å²) >= 11 is 0. The molecule has 0 spiro atoms. The first-order valence-corrected chi connectivity index (χ1v) is 6.36. The zero-order valence-corrected chi connectivity index (χ0v) is 10.9. The van der Waals surface area contributed by atoms with Gasteiger partial charge in [-0.05, 0) is 23.6 Å². The number of cyclic esters (lactones) is 1. The number of carbonyl (C=O) groups excluding carboxylic acids is 1. The van der Waals surface area contributed by atoms with Gasteiger partial charge in [0, 0.05) is 24.7 Å². The fraction of sp³-hybridized carbons (Fsp3) is 0.500. The van der Waals surface area contributed by atoms with E-state index >= 15 is 0 Å². The van der Waals surface area contributed by atoms with E-state index in [-0.39, 0.29) is 12.0 Å². The van der Waals surface area contributed by atoms with Crippen LogP contribution in [0.5, 0.6) is 0 Å². The Morgan fingerprint density at radius 1 is 1.39 bits per heavy atom. The first-order valence-electron chi connectivity index (χ1n) is 6.36. The summed E-state index contributed by atoms with van der Waals surface area (Å²) in [7, 11) is 0. The van der Waals surface area contributed by atoms with Crippen LogP contribution in [0.25, 0.3) is 0 Å². The van der Waals surface area contributed by atoms with Gasteiger partial charge in [0.05, 0.1) is 6.61 Å². The van der Waals surface area contributed by atoms with E-state index in [1.807, 2.05) is 12.1 Å². The second-order valence-corrected chi connectivity index (χ2v) is 5.04. The van der Waals surface area contributed by atoms with Gasteiger partial charge in [0.15, 0.2) is 0 Å². The van der Waals surface area contributed by atoms with Crippen LogP contribution in [-0.4, -0.2) is 25.8 Å². The molecule has 18 heavy (non-hydrogen) atoms. The van der Waals surface area contributed by atoms with Crippen molar-refractivity contribution < 1.29 is 9.53 Å². The van der Waals surface area contributed by atoms with Crippen LogP contribution in [0.2, 0.25) is 0 Å². The highest BCUT2D eigenvalue weighted by Crippen LogP contribution is 2.23. The number of nitrogens with zero attached hydrogens (tertiary/aromatic N) is 1. The van der Waals surface area contributed by atoms with Crippen LogP contribution in [0.15, 0.2) is 24.3 Å². The molecule has 1 fully saturated rings. The molecule has 0 aliphatic carbocycles. The molecule has 1 aliphatic rings. The smallest absolute Gasteiger partial charge is 0.414 e. The zero-order chi connectivity index (χ0) is 13.1. The Hall–Kier alpha value is -1.55. The van der Waals surface area contributed by atoms with E-state index in [2.05, 4.69) is 26.0 Å². The standard InChI is InChI=1S/C14H20N2O2/c1-10(2)12-3-5-13(6-4-12)16-8-11(7-15)9-18-14(16)17/h3-6,10-11H,7-9,15H2,1-2H3. The molecule has 0 saturated carbocycles. The van der Waals surface area contributed by atoms with Gasteiger partial charge in [0.1, 0.15) is 0 Å². The van der Waals surface area contributed by atoms with E-state index in [9.17, 15) is 4.79 Å². The van der Waals surface area contributed by atoms with Gasteiger partial charge in [0.2, 0.25) is 0 Å². The molecule has 98 valence electrons. The number of amides is 1. The van der Waals surface area contributed by atoms with Crippen molar-refractivity contribution in [1.82, 2.24) is 0 Å². The van der Waals surface area contributed by atoms with Crippen molar-refractivity contribution in [2.75, 3.05) is 24.6 Å². The first kappa shape index (κ1) is 12.9. The Kier molecular flexibility index (Phi) is 3.87. The first-order chi connectivity index (χ1) is 8.61. The molecule has 2 N–H and O–H groups in total. The summed E-state index contributed by atoms with van der Waals surface area (Å²) in [5.41, 5.74) is 7.78. The SMILES string of the molecule is CC(C)c1ccc(N2CC(CN)COC2=O)cc1. The van der Waals surface area contributed by atoms with Crippen LogP contribution >= 0.6 is 0 Å². The van der Waals surface area contributed by atoms with Crippen molar-refractivity contribution >= 4 is 11.8 Å². The van der Waals surface area contributed by atoms with Gasteiger partial charge in [0.25, 0.3) is 0 Å². The number of benzene rings is 1. The summed E-state index contributed by atoms with van der Waals surface area (Å²) < 4.78 is 5.13. The van der Waals surface area contributed by atoms with Crippen LogP contribution in [0, 0.1) is 5.92 Å². The van der Waals surface area contributed by atoms with Crippen LogP contribution < -0.4 is 10.6 Å². The molecule has 0 aromatic heterocycles. The van der Waals surface area contributed by atoms with Crippen LogP contribution in [0.1, 0.15) is 25.3 Å². The molecular weight excluding hydrogens is 228 g/mol. The lowest BCUT2D eigenvalue weighted by atomic mass is 10.0. The number of ether oxygens (including phenoxy) is 1. The third-order valence-electron chi connectivity index (χ3n) is 3.31. The van der Waals surface area contributed by atoms with E-state index in [4.69, 9.17) is 10.5 Å². The van der Waals surface area contributed by atoms with E-state index in [0.717, 1.165) is 5.69 Å². The fourth-order valence-electron chi connectivity index (χ4n) is 2.05. The second-order valence-electron chi connectivity index (χ2n) is 5.04. The van der Waals surface area contributed by atoms with Gasteiger partial charge >= 0.3 is 6.09 Å². The highest BCUT2D eigenvalue weighted by atomic mass is 16.6. The van der Waals surface area contributed by atoms with Gasteiger partial charge in [-0.2, -0.15) is 0 Å². The molecule has 1 atom stereocenters. The third-order valence-corrected chi connectivity index (χ3v) is 3.31. The maximum absolute atomic E-state index is 11.7. The highest BCUT2D eigenvalue weighted by molar-refractivity contribution is 5.88. The molecule has 4 nitrogen and oxygen atoms in total. The quantitative estimate of drug-likeness (QED) is 0.893. The average molecular weight is 248 g/mol. The number of hydrogen-bond donors (Lipinski definition) is 1. The van der Waals surface area contributed by atoms with Gasteiger partial charge < -0.3 is 10.5 Å². The minimum atomic E-state index is -0.281. The molecule has 2 rings (SSSR count). The van der Waals surface area contributed by atoms with Gasteiger partial charge in [-0.25, -0.2) is 4.79 Å². The molecule has 4 heteroatoms. The van der Waals surface area contributed by atoms with Gasteiger partial charge in [-0.3, -0.25) is 4.90 Å². The predicted octanol–water partition coefficient (Wildman–Crippen LogP) is 2.34. The summed E-state index contributed by atoms with van der Waals surface area (Å²) in [6.07, 6.45) is -0.281. The Morgan fingerprint density at radius 2 is 2.06 bits per heavy atom.